The number of anilines is 2. The Morgan fingerprint density at radius 2 is 2.07 bits per heavy atom. The standard InChI is InChI=1S/C22H24N6O/c1-15-9-19(13-24-11-15)25-21-10-20(17-5-3-7-23-12-17)26-22(27-21)18-6-4-8-28(14-18)16(2)29/h3,5,7,9-13,18H,4,6,8,14H2,1-2H3,(H,25,26,27). The van der Waals surface area contributed by atoms with Crippen molar-refractivity contribution in [2.45, 2.75) is 32.6 Å². The van der Waals surface area contributed by atoms with Gasteiger partial charge >= 0.3 is 0 Å². The highest BCUT2D eigenvalue weighted by Crippen LogP contribution is 2.29. The Labute approximate surface area is 170 Å². The second-order valence-electron chi connectivity index (χ2n) is 7.42. The minimum atomic E-state index is 0.0993. The number of aromatic nitrogens is 4. The Hall–Kier alpha value is -3.35. The molecule has 0 aromatic carbocycles. The maximum absolute atomic E-state index is 11.9. The first kappa shape index (κ1) is 19.0. The maximum atomic E-state index is 11.9. The third kappa shape index (κ3) is 4.56. The third-order valence-corrected chi connectivity index (χ3v) is 5.08. The number of hydrogen-bond donors (Lipinski definition) is 1. The normalized spacial score (nSPS) is 16.5. The fourth-order valence-corrected chi connectivity index (χ4v) is 3.62. The van der Waals surface area contributed by atoms with Crippen molar-refractivity contribution in [1.29, 1.82) is 0 Å². The number of likely N-dealkylation sites (tertiary alicyclic amines) is 1. The van der Waals surface area contributed by atoms with Crippen LogP contribution in [0.15, 0.2) is 49.1 Å². The van der Waals surface area contributed by atoms with E-state index in [0.717, 1.165) is 47.7 Å². The lowest BCUT2D eigenvalue weighted by Gasteiger charge is -2.31. The van der Waals surface area contributed by atoms with Gasteiger partial charge in [0.2, 0.25) is 5.91 Å². The summed E-state index contributed by atoms with van der Waals surface area (Å²) in [5.74, 6) is 1.67. The highest BCUT2D eigenvalue weighted by molar-refractivity contribution is 5.73. The number of carbonyl (C=O) groups is 1. The van der Waals surface area contributed by atoms with Crippen LogP contribution in [0.1, 0.15) is 37.1 Å². The molecular formula is C22H24N6O. The van der Waals surface area contributed by atoms with Gasteiger partial charge in [-0.2, -0.15) is 0 Å². The van der Waals surface area contributed by atoms with Crippen molar-refractivity contribution < 1.29 is 4.79 Å². The fraction of sp³-hybridized carbons (Fsp3) is 0.318. The monoisotopic (exact) mass is 388 g/mol. The number of carbonyl (C=O) groups excluding carboxylic acids is 1. The molecule has 0 aliphatic carbocycles. The number of aryl methyl sites for hydroxylation is 1. The van der Waals surface area contributed by atoms with Crippen LogP contribution in [-0.2, 0) is 4.79 Å². The molecule has 1 aliphatic heterocycles. The van der Waals surface area contributed by atoms with Crippen molar-refractivity contribution in [3.8, 4) is 11.3 Å². The zero-order valence-electron chi connectivity index (χ0n) is 16.7. The van der Waals surface area contributed by atoms with E-state index >= 15 is 0 Å². The summed E-state index contributed by atoms with van der Waals surface area (Å²) in [6, 6.07) is 7.83. The molecule has 1 aliphatic rings. The fourth-order valence-electron chi connectivity index (χ4n) is 3.62. The van der Waals surface area contributed by atoms with Gasteiger partial charge in [0.25, 0.3) is 0 Å². The number of amides is 1. The van der Waals surface area contributed by atoms with Gasteiger partial charge in [0.05, 0.1) is 17.6 Å². The smallest absolute Gasteiger partial charge is 0.219 e. The molecule has 1 unspecified atom stereocenters. The molecule has 4 heterocycles. The summed E-state index contributed by atoms with van der Waals surface area (Å²) in [5, 5.41) is 3.35. The predicted octanol–water partition coefficient (Wildman–Crippen LogP) is 3.71. The molecule has 0 spiro atoms. The van der Waals surface area contributed by atoms with Crippen molar-refractivity contribution >= 4 is 17.4 Å². The number of nitrogens with zero attached hydrogens (tertiary/aromatic N) is 5. The lowest BCUT2D eigenvalue weighted by Crippen LogP contribution is -2.38. The van der Waals surface area contributed by atoms with Gasteiger partial charge < -0.3 is 10.2 Å². The number of rotatable bonds is 4. The van der Waals surface area contributed by atoms with Crippen LogP contribution in [0.5, 0.6) is 0 Å². The van der Waals surface area contributed by atoms with Gasteiger partial charge in [-0.15, -0.1) is 0 Å². The van der Waals surface area contributed by atoms with Crippen LogP contribution in [0.25, 0.3) is 11.3 Å². The van der Waals surface area contributed by atoms with E-state index in [1.165, 1.54) is 0 Å². The molecule has 1 N–H and O–H groups in total. The summed E-state index contributed by atoms with van der Waals surface area (Å²) in [7, 11) is 0. The van der Waals surface area contributed by atoms with Crippen LogP contribution in [0.4, 0.5) is 11.5 Å². The lowest BCUT2D eigenvalue weighted by molar-refractivity contribution is -0.130. The Balaban J connectivity index is 1.71. The SMILES string of the molecule is CC(=O)N1CCCC(c2nc(Nc3cncc(C)c3)cc(-c3cccnc3)n2)C1. The minimum Gasteiger partial charge on any atom is -0.342 e. The van der Waals surface area contributed by atoms with Gasteiger partial charge in [-0.05, 0) is 43.5 Å². The van der Waals surface area contributed by atoms with E-state index in [0.29, 0.717) is 12.4 Å². The third-order valence-electron chi connectivity index (χ3n) is 5.08. The summed E-state index contributed by atoms with van der Waals surface area (Å²) in [4.78, 5) is 31.8. The zero-order chi connectivity index (χ0) is 20.2. The highest BCUT2D eigenvalue weighted by atomic mass is 16.2. The summed E-state index contributed by atoms with van der Waals surface area (Å²) in [6.45, 7) is 5.07. The van der Waals surface area contributed by atoms with E-state index in [-0.39, 0.29) is 11.8 Å². The molecule has 1 fully saturated rings. The first-order chi connectivity index (χ1) is 14.1. The Kier molecular flexibility index (Phi) is 5.46. The molecule has 0 saturated carbocycles. The molecule has 29 heavy (non-hydrogen) atoms. The van der Waals surface area contributed by atoms with Crippen molar-refractivity contribution in [1.82, 2.24) is 24.8 Å². The summed E-state index contributed by atoms with van der Waals surface area (Å²) >= 11 is 0. The average Bonchev–Trinajstić information content (AvgIpc) is 2.74. The Bertz CT molecular complexity index is 1010. The second-order valence-corrected chi connectivity index (χ2v) is 7.42. The van der Waals surface area contributed by atoms with E-state index in [1.54, 1.807) is 25.5 Å². The summed E-state index contributed by atoms with van der Waals surface area (Å²) in [5.41, 5.74) is 3.69. The first-order valence-corrected chi connectivity index (χ1v) is 9.82. The number of hydrogen-bond acceptors (Lipinski definition) is 6. The highest BCUT2D eigenvalue weighted by Gasteiger charge is 2.25. The molecule has 7 nitrogen and oxygen atoms in total. The van der Waals surface area contributed by atoms with Crippen molar-refractivity contribution in [3.05, 3.63) is 60.4 Å². The van der Waals surface area contributed by atoms with E-state index in [2.05, 4.69) is 15.3 Å². The largest absolute Gasteiger partial charge is 0.342 e. The molecule has 1 atom stereocenters. The van der Waals surface area contributed by atoms with Gasteiger partial charge in [0.1, 0.15) is 11.6 Å². The van der Waals surface area contributed by atoms with Crippen LogP contribution in [0.3, 0.4) is 0 Å². The lowest BCUT2D eigenvalue weighted by atomic mass is 9.97. The van der Waals surface area contributed by atoms with Gasteiger partial charge in [-0.25, -0.2) is 9.97 Å². The summed E-state index contributed by atoms with van der Waals surface area (Å²) < 4.78 is 0. The van der Waals surface area contributed by atoms with Crippen molar-refractivity contribution in [3.63, 3.8) is 0 Å². The van der Waals surface area contributed by atoms with E-state index in [9.17, 15) is 4.79 Å². The molecular weight excluding hydrogens is 364 g/mol. The van der Waals surface area contributed by atoms with Gasteiger partial charge in [0.15, 0.2) is 0 Å². The molecule has 4 rings (SSSR count). The van der Waals surface area contributed by atoms with Crippen LogP contribution < -0.4 is 5.32 Å². The van der Waals surface area contributed by atoms with Crippen LogP contribution in [-0.4, -0.2) is 43.8 Å². The molecule has 7 heteroatoms. The number of nitrogens with one attached hydrogen (secondary N) is 1. The predicted molar refractivity (Wildman–Crippen MR) is 112 cm³/mol. The maximum Gasteiger partial charge on any atom is 0.219 e. The van der Waals surface area contributed by atoms with Crippen LogP contribution >= 0.6 is 0 Å². The molecule has 1 amide bonds. The Morgan fingerprint density at radius 3 is 2.83 bits per heavy atom. The van der Waals surface area contributed by atoms with Gasteiger partial charge in [-0.1, -0.05) is 0 Å². The molecule has 3 aromatic rings. The van der Waals surface area contributed by atoms with Gasteiger partial charge in [0, 0.05) is 56.2 Å². The number of piperidine rings is 1. The molecule has 0 bridgehead atoms. The molecule has 3 aromatic heterocycles. The van der Waals surface area contributed by atoms with Crippen LogP contribution in [0, 0.1) is 6.92 Å². The van der Waals surface area contributed by atoms with E-state index in [1.807, 2.05) is 42.3 Å². The zero-order valence-corrected chi connectivity index (χ0v) is 16.7. The van der Waals surface area contributed by atoms with Gasteiger partial charge in [-0.3, -0.25) is 14.8 Å². The first-order valence-electron chi connectivity index (χ1n) is 9.82. The van der Waals surface area contributed by atoms with Crippen molar-refractivity contribution in [2.24, 2.45) is 0 Å². The van der Waals surface area contributed by atoms with Crippen LogP contribution in [0.2, 0.25) is 0 Å². The Morgan fingerprint density at radius 1 is 1.17 bits per heavy atom. The number of pyridine rings is 2. The molecule has 148 valence electrons. The molecule has 0 radical (unpaired) electrons. The molecule has 1 saturated heterocycles. The topological polar surface area (TPSA) is 83.9 Å². The second kappa shape index (κ2) is 8.34. The average molecular weight is 388 g/mol. The van der Waals surface area contributed by atoms with E-state index < -0.39 is 0 Å². The minimum absolute atomic E-state index is 0.0993. The summed E-state index contributed by atoms with van der Waals surface area (Å²) in [6.07, 6.45) is 9.05. The van der Waals surface area contributed by atoms with E-state index in [4.69, 9.17) is 9.97 Å². The van der Waals surface area contributed by atoms with Crippen molar-refractivity contribution in [2.75, 3.05) is 18.4 Å². The quantitative estimate of drug-likeness (QED) is 0.733.